The van der Waals surface area contributed by atoms with E-state index < -0.39 is 0 Å². The lowest BCUT2D eigenvalue weighted by molar-refractivity contribution is 0.0681. The number of carbonyl (C=O) groups excluding carboxylic acids is 1. The van der Waals surface area contributed by atoms with Crippen molar-refractivity contribution in [2.24, 2.45) is 0 Å². The van der Waals surface area contributed by atoms with Crippen molar-refractivity contribution in [3.63, 3.8) is 0 Å². The SMILES string of the molecule is CCCN(NC)C(=O)c1cccc(N)c1. The molecule has 0 spiro atoms. The minimum atomic E-state index is -0.0494. The van der Waals surface area contributed by atoms with Crippen molar-refractivity contribution in [2.45, 2.75) is 13.3 Å². The normalized spacial score (nSPS) is 10.0. The molecule has 1 aromatic rings. The second-order valence-electron chi connectivity index (χ2n) is 3.31. The highest BCUT2D eigenvalue weighted by molar-refractivity contribution is 5.94. The molecule has 0 atom stereocenters. The molecule has 0 saturated heterocycles. The molecular weight excluding hydrogens is 190 g/mol. The third-order valence-corrected chi connectivity index (χ3v) is 2.10. The van der Waals surface area contributed by atoms with Gasteiger partial charge in [0.1, 0.15) is 0 Å². The van der Waals surface area contributed by atoms with Gasteiger partial charge in [0.15, 0.2) is 0 Å². The van der Waals surface area contributed by atoms with Crippen LogP contribution in [-0.2, 0) is 0 Å². The molecule has 0 bridgehead atoms. The van der Waals surface area contributed by atoms with Crippen molar-refractivity contribution in [3.05, 3.63) is 29.8 Å². The molecule has 0 unspecified atom stereocenters. The molecular formula is C11H17N3O. The Hall–Kier alpha value is -1.55. The van der Waals surface area contributed by atoms with E-state index in [2.05, 4.69) is 5.43 Å². The average molecular weight is 207 g/mol. The number of nitrogen functional groups attached to an aromatic ring is 1. The summed E-state index contributed by atoms with van der Waals surface area (Å²) in [5.74, 6) is -0.0494. The molecule has 1 amide bonds. The lowest BCUT2D eigenvalue weighted by atomic mass is 10.2. The minimum Gasteiger partial charge on any atom is -0.399 e. The van der Waals surface area contributed by atoms with E-state index in [1.165, 1.54) is 0 Å². The van der Waals surface area contributed by atoms with Crippen LogP contribution >= 0.6 is 0 Å². The number of hydrazine groups is 1. The number of anilines is 1. The summed E-state index contributed by atoms with van der Waals surface area (Å²) in [6.07, 6.45) is 0.912. The molecule has 0 aliphatic carbocycles. The number of amides is 1. The number of carbonyl (C=O) groups is 1. The molecule has 1 aromatic carbocycles. The molecule has 0 radical (unpaired) electrons. The molecule has 3 N–H and O–H groups in total. The van der Waals surface area contributed by atoms with Crippen molar-refractivity contribution in [3.8, 4) is 0 Å². The second-order valence-corrected chi connectivity index (χ2v) is 3.31. The first-order chi connectivity index (χ1) is 7.19. The monoisotopic (exact) mass is 207 g/mol. The summed E-state index contributed by atoms with van der Waals surface area (Å²) in [5, 5.41) is 1.58. The van der Waals surface area contributed by atoms with E-state index in [4.69, 9.17) is 5.73 Å². The van der Waals surface area contributed by atoms with Crippen molar-refractivity contribution < 1.29 is 4.79 Å². The molecule has 0 aromatic heterocycles. The molecule has 0 heterocycles. The zero-order valence-corrected chi connectivity index (χ0v) is 9.16. The van der Waals surface area contributed by atoms with Gasteiger partial charge in [-0.2, -0.15) is 0 Å². The molecule has 0 aliphatic heterocycles. The first-order valence-electron chi connectivity index (χ1n) is 5.03. The first kappa shape index (κ1) is 11.5. The average Bonchev–Trinajstić information content (AvgIpc) is 2.25. The Bertz CT molecular complexity index is 338. The van der Waals surface area contributed by atoms with E-state index in [0.29, 0.717) is 17.8 Å². The lowest BCUT2D eigenvalue weighted by Crippen LogP contribution is -2.41. The zero-order chi connectivity index (χ0) is 11.3. The van der Waals surface area contributed by atoms with Gasteiger partial charge >= 0.3 is 0 Å². The van der Waals surface area contributed by atoms with Crippen LogP contribution in [0.25, 0.3) is 0 Å². The third kappa shape index (κ3) is 2.95. The van der Waals surface area contributed by atoms with E-state index >= 15 is 0 Å². The molecule has 82 valence electrons. The summed E-state index contributed by atoms with van der Waals surface area (Å²) < 4.78 is 0. The molecule has 0 saturated carbocycles. The summed E-state index contributed by atoms with van der Waals surface area (Å²) >= 11 is 0. The molecule has 0 aliphatic rings. The predicted molar refractivity (Wildman–Crippen MR) is 61.2 cm³/mol. The van der Waals surface area contributed by atoms with Gasteiger partial charge < -0.3 is 5.73 Å². The maximum atomic E-state index is 11.9. The zero-order valence-electron chi connectivity index (χ0n) is 9.16. The van der Waals surface area contributed by atoms with Crippen LogP contribution in [0.5, 0.6) is 0 Å². The van der Waals surface area contributed by atoms with Crippen molar-refractivity contribution in [1.82, 2.24) is 10.4 Å². The summed E-state index contributed by atoms with van der Waals surface area (Å²) in [6, 6.07) is 6.99. The highest BCUT2D eigenvalue weighted by Gasteiger charge is 2.12. The Morgan fingerprint density at radius 2 is 2.27 bits per heavy atom. The van der Waals surface area contributed by atoms with E-state index in [-0.39, 0.29) is 5.91 Å². The standard InChI is InChI=1S/C11H17N3O/c1-3-7-14(13-2)11(15)9-5-4-6-10(12)8-9/h4-6,8,13H,3,7,12H2,1-2H3. The summed E-state index contributed by atoms with van der Waals surface area (Å²) in [6.45, 7) is 2.71. The van der Waals surface area contributed by atoms with E-state index in [0.717, 1.165) is 6.42 Å². The molecule has 4 heteroatoms. The summed E-state index contributed by atoms with van der Waals surface area (Å²) in [5.41, 5.74) is 9.70. The van der Waals surface area contributed by atoms with Crippen LogP contribution in [0.2, 0.25) is 0 Å². The van der Waals surface area contributed by atoms with Crippen LogP contribution in [0.1, 0.15) is 23.7 Å². The smallest absolute Gasteiger partial charge is 0.268 e. The Kier molecular flexibility index (Phi) is 4.12. The van der Waals surface area contributed by atoms with Gasteiger partial charge in [-0.15, -0.1) is 0 Å². The minimum absolute atomic E-state index is 0.0494. The summed E-state index contributed by atoms with van der Waals surface area (Å²) in [7, 11) is 1.74. The van der Waals surface area contributed by atoms with Gasteiger partial charge in [0.2, 0.25) is 0 Å². The van der Waals surface area contributed by atoms with Gasteiger partial charge in [-0.1, -0.05) is 13.0 Å². The van der Waals surface area contributed by atoms with Crippen LogP contribution in [0, 0.1) is 0 Å². The lowest BCUT2D eigenvalue weighted by Gasteiger charge is -2.20. The van der Waals surface area contributed by atoms with Crippen LogP contribution in [-0.4, -0.2) is 24.5 Å². The van der Waals surface area contributed by atoms with Crippen molar-refractivity contribution in [1.29, 1.82) is 0 Å². The van der Waals surface area contributed by atoms with Gasteiger partial charge in [-0.3, -0.25) is 9.80 Å². The fraction of sp³-hybridized carbons (Fsp3) is 0.364. The highest BCUT2D eigenvalue weighted by Crippen LogP contribution is 2.08. The number of rotatable bonds is 4. The highest BCUT2D eigenvalue weighted by atomic mass is 16.2. The molecule has 4 nitrogen and oxygen atoms in total. The van der Waals surface area contributed by atoms with Gasteiger partial charge in [0.05, 0.1) is 0 Å². The van der Waals surface area contributed by atoms with Gasteiger partial charge in [-0.05, 0) is 24.6 Å². The number of nitrogens with zero attached hydrogens (tertiary/aromatic N) is 1. The topological polar surface area (TPSA) is 58.4 Å². The Morgan fingerprint density at radius 3 is 2.80 bits per heavy atom. The third-order valence-electron chi connectivity index (χ3n) is 2.10. The van der Waals surface area contributed by atoms with Gasteiger partial charge in [-0.25, -0.2) is 5.43 Å². The van der Waals surface area contributed by atoms with Crippen LogP contribution in [0.4, 0.5) is 5.69 Å². The predicted octanol–water partition coefficient (Wildman–Crippen LogP) is 1.26. The Morgan fingerprint density at radius 1 is 1.53 bits per heavy atom. The Labute approximate surface area is 90.0 Å². The first-order valence-corrected chi connectivity index (χ1v) is 5.03. The van der Waals surface area contributed by atoms with E-state index in [1.807, 2.05) is 6.92 Å². The van der Waals surface area contributed by atoms with Crippen molar-refractivity contribution in [2.75, 3.05) is 19.3 Å². The van der Waals surface area contributed by atoms with E-state index in [9.17, 15) is 4.79 Å². The number of hydrogen-bond donors (Lipinski definition) is 2. The van der Waals surface area contributed by atoms with E-state index in [1.54, 1.807) is 36.3 Å². The number of benzene rings is 1. The second kappa shape index (κ2) is 5.36. The van der Waals surface area contributed by atoms with Crippen LogP contribution in [0.15, 0.2) is 24.3 Å². The molecule has 15 heavy (non-hydrogen) atoms. The number of nitrogens with two attached hydrogens (primary N) is 1. The largest absolute Gasteiger partial charge is 0.399 e. The maximum Gasteiger partial charge on any atom is 0.268 e. The van der Waals surface area contributed by atoms with Gasteiger partial charge in [0.25, 0.3) is 5.91 Å². The van der Waals surface area contributed by atoms with Crippen molar-refractivity contribution >= 4 is 11.6 Å². The fourth-order valence-electron chi connectivity index (χ4n) is 1.37. The summed E-state index contributed by atoms with van der Waals surface area (Å²) in [4.78, 5) is 11.9. The van der Waals surface area contributed by atoms with Crippen LogP contribution in [0.3, 0.4) is 0 Å². The maximum absolute atomic E-state index is 11.9. The molecule has 1 rings (SSSR count). The van der Waals surface area contributed by atoms with Crippen LogP contribution < -0.4 is 11.2 Å². The van der Waals surface area contributed by atoms with Gasteiger partial charge in [0, 0.05) is 24.8 Å². The Balaban J connectivity index is 2.82. The molecule has 0 fully saturated rings. The fourth-order valence-corrected chi connectivity index (χ4v) is 1.37. The number of hydrogen-bond acceptors (Lipinski definition) is 3. The number of nitrogens with one attached hydrogen (secondary N) is 1. The quantitative estimate of drug-likeness (QED) is 0.577.